The molecular formula is C27H23ClN2O3. The molecule has 166 valence electrons. The lowest BCUT2D eigenvalue weighted by Crippen LogP contribution is -2.31. The van der Waals surface area contributed by atoms with E-state index in [9.17, 15) is 14.4 Å². The molecule has 0 bridgehead atoms. The Balaban J connectivity index is 1.35. The van der Waals surface area contributed by atoms with Gasteiger partial charge in [-0.1, -0.05) is 48.0 Å². The maximum atomic E-state index is 13.3. The van der Waals surface area contributed by atoms with E-state index in [0.717, 1.165) is 6.42 Å². The van der Waals surface area contributed by atoms with E-state index in [1.807, 2.05) is 18.2 Å². The van der Waals surface area contributed by atoms with Crippen LogP contribution in [-0.2, 0) is 9.59 Å². The molecule has 2 aliphatic rings. The van der Waals surface area contributed by atoms with Gasteiger partial charge in [0.05, 0.1) is 17.5 Å². The molecule has 2 fully saturated rings. The highest BCUT2D eigenvalue weighted by Crippen LogP contribution is 2.45. The molecule has 1 aliphatic heterocycles. The first-order valence-corrected chi connectivity index (χ1v) is 11.5. The maximum absolute atomic E-state index is 13.3. The van der Waals surface area contributed by atoms with Gasteiger partial charge in [0.25, 0.3) is 5.91 Å². The molecule has 1 saturated carbocycles. The number of amides is 3. The van der Waals surface area contributed by atoms with Crippen molar-refractivity contribution in [1.82, 2.24) is 0 Å². The lowest BCUT2D eigenvalue weighted by molar-refractivity contribution is -0.122. The molecule has 5 rings (SSSR count). The standard InChI is InChI=1S/C27H23ClN2O3/c28-20-10-12-21(13-11-20)29-25(31)19-7-4-8-22(15-19)30-26(32)23-14-9-18(16-24(23)27(30)33)17-5-2-1-3-6-17/h1-8,10-13,15,18,23-24H,9,14,16H2,(H,29,31)/t18-,23+,24+/m0/s1. The van der Waals surface area contributed by atoms with Gasteiger partial charge in [0.2, 0.25) is 11.8 Å². The van der Waals surface area contributed by atoms with Crippen LogP contribution in [0.25, 0.3) is 0 Å². The van der Waals surface area contributed by atoms with E-state index in [1.54, 1.807) is 48.5 Å². The number of carbonyl (C=O) groups is 3. The van der Waals surface area contributed by atoms with Crippen LogP contribution in [0.2, 0.25) is 5.02 Å². The van der Waals surface area contributed by atoms with Crippen molar-refractivity contribution in [2.24, 2.45) is 11.8 Å². The molecule has 1 N–H and O–H groups in total. The average molecular weight is 459 g/mol. The van der Waals surface area contributed by atoms with Gasteiger partial charge in [-0.3, -0.25) is 19.3 Å². The number of hydrogen-bond acceptors (Lipinski definition) is 3. The van der Waals surface area contributed by atoms with Crippen LogP contribution in [0, 0.1) is 11.8 Å². The molecule has 3 aromatic carbocycles. The highest BCUT2D eigenvalue weighted by molar-refractivity contribution is 6.30. The Morgan fingerprint density at radius 3 is 2.33 bits per heavy atom. The summed E-state index contributed by atoms with van der Waals surface area (Å²) in [6, 6.07) is 23.7. The van der Waals surface area contributed by atoms with Crippen molar-refractivity contribution in [3.05, 3.63) is 95.0 Å². The molecule has 33 heavy (non-hydrogen) atoms. The van der Waals surface area contributed by atoms with Crippen molar-refractivity contribution in [3.8, 4) is 0 Å². The first kappa shape index (κ1) is 21.4. The minimum atomic E-state index is -0.320. The second-order valence-electron chi connectivity index (χ2n) is 8.66. The van der Waals surface area contributed by atoms with E-state index in [1.165, 1.54) is 10.5 Å². The third kappa shape index (κ3) is 4.16. The van der Waals surface area contributed by atoms with Crippen molar-refractivity contribution in [3.63, 3.8) is 0 Å². The molecule has 3 aromatic rings. The number of carbonyl (C=O) groups excluding carboxylic acids is 3. The van der Waals surface area contributed by atoms with Crippen molar-refractivity contribution in [2.75, 3.05) is 10.2 Å². The molecule has 1 heterocycles. The smallest absolute Gasteiger partial charge is 0.255 e. The zero-order chi connectivity index (χ0) is 22.9. The van der Waals surface area contributed by atoms with Crippen LogP contribution in [0.1, 0.15) is 41.1 Å². The highest BCUT2D eigenvalue weighted by Gasteiger charge is 2.50. The normalized spacial score (nSPS) is 22.2. The topological polar surface area (TPSA) is 66.5 Å². The van der Waals surface area contributed by atoms with Crippen LogP contribution < -0.4 is 10.2 Å². The van der Waals surface area contributed by atoms with Crippen molar-refractivity contribution >= 4 is 40.7 Å². The van der Waals surface area contributed by atoms with Crippen LogP contribution in [0.3, 0.4) is 0 Å². The van der Waals surface area contributed by atoms with Gasteiger partial charge in [-0.2, -0.15) is 0 Å². The fraction of sp³-hybridized carbons (Fsp3) is 0.222. The number of hydrogen-bond donors (Lipinski definition) is 1. The number of halogens is 1. The van der Waals surface area contributed by atoms with Gasteiger partial charge < -0.3 is 5.32 Å². The van der Waals surface area contributed by atoms with Crippen LogP contribution in [-0.4, -0.2) is 17.7 Å². The first-order valence-electron chi connectivity index (χ1n) is 11.1. The second kappa shape index (κ2) is 8.83. The highest BCUT2D eigenvalue weighted by atomic mass is 35.5. The minimum Gasteiger partial charge on any atom is -0.322 e. The summed E-state index contributed by atoms with van der Waals surface area (Å²) in [5, 5.41) is 3.39. The Bertz CT molecular complexity index is 1210. The Morgan fingerprint density at radius 2 is 1.58 bits per heavy atom. The van der Waals surface area contributed by atoms with E-state index in [2.05, 4.69) is 17.4 Å². The molecule has 5 nitrogen and oxygen atoms in total. The Labute approximate surface area is 197 Å². The number of imide groups is 1. The van der Waals surface area contributed by atoms with Gasteiger partial charge in [0.1, 0.15) is 0 Å². The summed E-state index contributed by atoms with van der Waals surface area (Å²) < 4.78 is 0. The molecule has 3 amide bonds. The maximum Gasteiger partial charge on any atom is 0.255 e. The fourth-order valence-electron chi connectivity index (χ4n) is 4.98. The predicted molar refractivity (Wildman–Crippen MR) is 128 cm³/mol. The number of fused-ring (bicyclic) bond motifs is 1. The predicted octanol–water partition coefficient (Wildman–Crippen LogP) is 5.67. The molecule has 0 radical (unpaired) electrons. The van der Waals surface area contributed by atoms with Crippen molar-refractivity contribution in [1.29, 1.82) is 0 Å². The van der Waals surface area contributed by atoms with Crippen LogP contribution in [0.5, 0.6) is 0 Å². The number of nitrogens with zero attached hydrogens (tertiary/aromatic N) is 1. The zero-order valence-corrected chi connectivity index (χ0v) is 18.7. The summed E-state index contributed by atoms with van der Waals surface area (Å²) >= 11 is 5.90. The van der Waals surface area contributed by atoms with Crippen molar-refractivity contribution in [2.45, 2.75) is 25.2 Å². The SMILES string of the molecule is O=C(Nc1ccc(Cl)cc1)c1cccc(N2C(=O)[C@@H]3CC[C@H](c4ccccc4)C[C@H]3C2=O)c1. The number of nitrogens with one attached hydrogen (secondary N) is 1. The Kier molecular flexibility index (Phi) is 5.73. The Hall–Kier alpha value is -3.44. The van der Waals surface area contributed by atoms with Crippen molar-refractivity contribution < 1.29 is 14.4 Å². The van der Waals surface area contributed by atoms with E-state index < -0.39 is 0 Å². The van der Waals surface area contributed by atoms with Gasteiger partial charge >= 0.3 is 0 Å². The van der Waals surface area contributed by atoms with E-state index in [4.69, 9.17) is 11.6 Å². The van der Waals surface area contributed by atoms with Gasteiger partial charge in [0, 0.05) is 16.3 Å². The first-order chi connectivity index (χ1) is 16.0. The number of benzene rings is 3. The minimum absolute atomic E-state index is 0.160. The molecule has 0 spiro atoms. The summed E-state index contributed by atoms with van der Waals surface area (Å²) in [5.41, 5.74) is 2.65. The van der Waals surface area contributed by atoms with Crippen LogP contribution in [0.4, 0.5) is 11.4 Å². The van der Waals surface area contributed by atoms with E-state index in [-0.39, 0.29) is 35.5 Å². The summed E-state index contributed by atoms with van der Waals surface area (Å²) in [6.07, 6.45) is 2.26. The van der Waals surface area contributed by atoms with E-state index in [0.29, 0.717) is 34.8 Å². The lowest BCUT2D eigenvalue weighted by atomic mass is 9.73. The quantitative estimate of drug-likeness (QED) is 0.512. The summed E-state index contributed by atoms with van der Waals surface area (Å²) in [5.74, 6) is -0.972. The molecule has 3 atom stereocenters. The summed E-state index contributed by atoms with van der Waals surface area (Å²) in [4.78, 5) is 40.5. The zero-order valence-electron chi connectivity index (χ0n) is 17.9. The third-order valence-electron chi connectivity index (χ3n) is 6.67. The van der Waals surface area contributed by atoms with Gasteiger partial charge in [-0.25, -0.2) is 0 Å². The molecular weight excluding hydrogens is 436 g/mol. The largest absolute Gasteiger partial charge is 0.322 e. The fourth-order valence-corrected chi connectivity index (χ4v) is 5.11. The monoisotopic (exact) mass is 458 g/mol. The van der Waals surface area contributed by atoms with Crippen LogP contribution in [0.15, 0.2) is 78.9 Å². The Morgan fingerprint density at radius 1 is 0.848 bits per heavy atom. The number of anilines is 2. The summed E-state index contributed by atoms with van der Waals surface area (Å²) in [6.45, 7) is 0. The van der Waals surface area contributed by atoms with Gasteiger partial charge in [-0.05, 0) is 73.2 Å². The molecule has 0 unspecified atom stereocenters. The van der Waals surface area contributed by atoms with Crippen LogP contribution >= 0.6 is 11.6 Å². The second-order valence-corrected chi connectivity index (χ2v) is 9.09. The third-order valence-corrected chi connectivity index (χ3v) is 6.92. The summed E-state index contributed by atoms with van der Waals surface area (Å²) in [7, 11) is 0. The van der Waals surface area contributed by atoms with E-state index >= 15 is 0 Å². The molecule has 1 aliphatic carbocycles. The molecule has 1 saturated heterocycles. The average Bonchev–Trinajstić information content (AvgIpc) is 3.10. The molecule has 0 aromatic heterocycles. The lowest BCUT2D eigenvalue weighted by Gasteiger charge is -2.28. The number of rotatable bonds is 4. The molecule has 6 heteroatoms. The van der Waals surface area contributed by atoms with Gasteiger partial charge in [0.15, 0.2) is 0 Å². The van der Waals surface area contributed by atoms with Gasteiger partial charge in [-0.15, -0.1) is 0 Å².